The summed E-state index contributed by atoms with van der Waals surface area (Å²) in [4.78, 5) is 21.2. The quantitative estimate of drug-likeness (QED) is 0.317. The number of hydrogen-bond donors (Lipinski definition) is 2. The minimum absolute atomic E-state index is 0.0128. The Balaban J connectivity index is 1.51. The summed E-state index contributed by atoms with van der Waals surface area (Å²) in [6.45, 7) is 7.79. The number of Topliss-reactive ketones (excluding diaryl/α,β-unsaturated/α-hetero) is 1. The zero-order valence-electron chi connectivity index (χ0n) is 20.8. The summed E-state index contributed by atoms with van der Waals surface area (Å²) in [5.41, 5.74) is 9.09. The first kappa shape index (κ1) is 24.6. The number of hydrogen-bond acceptors (Lipinski definition) is 7. The van der Waals surface area contributed by atoms with Crippen molar-refractivity contribution in [2.24, 2.45) is 0 Å². The summed E-state index contributed by atoms with van der Waals surface area (Å²) in [6, 6.07) is 15.8. The highest BCUT2D eigenvalue weighted by Crippen LogP contribution is 2.29. The molecule has 0 aliphatic heterocycles. The molecule has 0 unspecified atom stereocenters. The Labute approximate surface area is 205 Å². The van der Waals surface area contributed by atoms with Gasteiger partial charge in [0.2, 0.25) is 0 Å². The lowest BCUT2D eigenvalue weighted by atomic mass is 10.1. The van der Waals surface area contributed by atoms with E-state index >= 15 is 0 Å². The number of para-hydroxylation sites is 1. The number of anilines is 1. The van der Waals surface area contributed by atoms with E-state index in [1.54, 1.807) is 27.9 Å². The molecule has 0 atom stereocenters. The number of fused-ring (bicyclic) bond motifs is 3. The second-order valence-corrected chi connectivity index (χ2v) is 9.13. The lowest BCUT2D eigenvalue weighted by Crippen LogP contribution is -2.36. The number of imidazole rings is 1. The predicted molar refractivity (Wildman–Crippen MR) is 139 cm³/mol. The summed E-state index contributed by atoms with van der Waals surface area (Å²) in [7, 11) is 1.69. The van der Waals surface area contributed by atoms with Crippen molar-refractivity contribution in [3.63, 3.8) is 0 Å². The molecule has 2 heterocycles. The minimum Gasteiger partial charge on any atom is -0.480 e. The number of ketones is 1. The van der Waals surface area contributed by atoms with Gasteiger partial charge in [-0.05, 0) is 44.5 Å². The van der Waals surface area contributed by atoms with Gasteiger partial charge >= 0.3 is 0 Å². The van der Waals surface area contributed by atoms with Crippen LogP contribution in [-0.4, -0.2) is 46.2 Å². The summed E-state index contributed by atoms with van der Waals surface area (Å²) < 4.78 is 13.4. The number of ether oxygens (including phenoxy) is 2. The van der Waals surface area contributed by atoms with Crippen molar-refractivity contribution >= 4 is 33.5 Å². The third kappa shape index (κ3) is 5.44. The van der Waals surface area contributed by atoms with Crippen LogP contribution in [0.15, 0.2) is 48.5 Å². The molecule has 184 valence electrons. The molecule has 4 rings (SSSR count). The summed E-state index contributed by atoms with van der Waals surface area (Å²) in [6.07, 6.45) is 0.685. The number of carbonyl (C=O) groups is 1. The number of benzene rings is 2. The van der Waals surface area contributed by atoms with Gasteiger partial charge < -0.3 is 25.1 Å². The SMILES string of the molecule is COCCc1nc2c(N)nc3ccccc3c2n1CCNCc1cccc(OC(C)(C)C(C)=O)c1. The Morgan fingerprint density at radius 3 is 2.71 bits per heavy atom. The van der Waals surface area contributed by atoms with Crippen LogP contribution in [-0.2, 0) is 29.0 Å². The Morgan fingerprint density at radius 1 is 1.14 bits per heavy atom. The van der Waals surface area contributed by atoms with E-state index in [0.29, 0.717) is 31.1 Å². The Morgan fingerprint density at radius 2 is 1.94 bits per heavy atom. The van der Waals surface area contributed by atoms with Crippen molar-refractivity contribution in [3.8, 4) is 5.75 Å². The molecule has 0 saturated carbocycles. The van der Waals surface area contributed by atoms with E-state index in [2.05, 4.69) is 20.9 Å². The Bertz CT molecular complexity index is 1350. The molecular formula is C27H33N5O3. The maximum atomic E-state index is 11.8. The van der Waals surface area contributed by atoms with Gasteiger partial charge in [0, 0.05) is 38.6 Å². The van der Waals surface area contributed by atoms with Crippen molar-refractivity contribution in [3.05, 3.63) is 59.9 Å². The van der Waals surface area contributed by atoms with E-state index in [1.807, 2.05) is 42.5 Å². The maximum absolute atomic E-state index is 11.8. The molecule has 35 heavy (non-hydrogen) atoms. The standard InChI is InChI=1S/C27H33N5O3/c1-18(33)27(2,3)35-20-9-7-8-19(16-20)17-29-13-14-32-23(12-15-34-4)31-24-25(32)21-10-5-6-11-22(21)30-26(24)28/h5-11,16,29H,12-15,17H2,1-4H3,(H2,28,30). The lowest BCUT2D eigenvalue weighted by Gasteiger charge is -2.23. The van der Waals surface area contributed by atoms with Gasteiger partial charge in [0.1, 0.15) is 17.1 Å². The van der Waals surface area contributed by atoms with Crippen LogP contribution in [0.4, 0.5) is 5.82 Å². The third-order valence-electron chi connectivity index (χ3n) is 6.18. The van der Waals surface area contributed by atoms with Crippen LogP contribution >= 0.6 is 0 Å². The van der Waals surface area contributed by atoms with Gasteiger partial charge in [-0.1, -0.05) is 30.3 Å². The van der Waals surface area contributed by atoms with Crippen molar-refractivity contribution < 1.29 is 14.3 Å². The fourth-order valence-corrected chi connectivity index (χ4v) is 4.04. The number of nitrogens with one attached hydrogen (secondary N) is 1. The van der Waals surface area contributed by atoms with Crippen molar-refractivity contribution in [1.82, 2.24) is 19.9 Å². The molecule has 0 saturated heterocycles. The van der Waals surface area contributed by atoms with Gasteiger partial charge in [0.15, 0.2) is 17.2 Å². The first-order valence-electron chi connectivity index (χ1n) is 11.8. The first-order chi connectivity index (χ1) is 16.8. The third-order valence-corrected chi connectivity index (χ3v) is 6.18. The number of rotatable bonds is 11. The average Bonchev–Trinajstić information content (AvgIpc) is 3.19. The predicted octanol–water partition coefficient (Wildman–Crippen LogP) is 3.89. The topological polar surface area (TPSA) is 104 Å². The van der Waals surface area contributed by atoms with E-state index in [1.165, 1.54) is 0 Å². The molecule has 2 aromatic heterocycles. The molecule has 0 spiro atoms. The highest BCUT2D eigenvalue weighted by atomic mass is 16.5. The second kappa shape index (κ2) is 10.4. The fraction of sp³-hybridized carbons (Fsp3) is 0.370. The molecule has 0 bridgehead atoms. The normalized spacial score (nSPS) is 11.9. The summed E-state index contributed by atoms with van der Waals surface area (Å²) in [5.74, 6) is 2.03. The number of nitrogen functional groups attached to an aromatic ring is 1. The van der Waals surface area contributed by atoms with Crippen LogP contribution in [0.3, 0.4) is 0 Å². The van der Waals surface area contributed by atoms with Crippen LogP contribution in [0, 0.1) is 0 Å². The van der Waals surface area contributed by atoms with E-state index in [0.717, 1.165) is 46.4 Å². The molecule has 8 nitrogen and oxygen atoms in total. The van der Waals surface area contributed by atoms with E-state index in [-0.39, 0.29) is 5.78 Å². The number of methoxy groups -OCH3 is 1. The van der Waals surface area contributed by atoms with E-state index < -0.39 is 5.60 Å². The number of aromatic nitrogens is 3. The smallest absolute Gasteiger partial charge is 0.172 e. The van der Waals surface area contributed by atoms with Crippen LogP contribution in [0.2, 0.25) is 0 Å². The molecule has 2 aromatic carbocycles. The van der Waals surface area contributed by atoms with Crippen molar-refractivity contribution in [2.75, 3.05) is 26.0 Å². The molecule has 4 aromatic rings. The molecule has 0 amide bonds. The number of nitrogens with zero attached hydrogens (tertiary/aromatic N) is 3. The maximum Gasteiger partial charge on any atom is 0.172 e. The van der Waals surface area contributed by atoms with Crippen LogP contribution < -0.4 is 15.8 Å². The summed E-state index contributed by atoms with van der Waals surface area (Å²) >= 11 is 0. The van der Waals surface area contributed by atoms with Crippen LogP contribution in [0.5, 0.6) is 5.75 Å². The van der Waals surface area contributed by atoms with Gasteiger partial charge in [-0.15, -0.1) is 0 Å². The molecule has 0 aliphatic carbocycles. The number of pyridine rings is 1. The zero-order chi connectivity index (χ0) is 25.0. The highest BCUT2D eigenvalue weighted by molar-refractivity contribution is 6.06. The number of nitrogens with two attached hydrogens (primary N) is 1. The Kier molecular flexibility index (Phi) is 7.33. The summed E-state index contributed by atoms with van der Waals surface area (Å²) in [5, 5.41) is 4.55. The van der Waals surface area contributed by atoms with Gasteiger partial charge in [0.05, 0.1) is 17.6 Å². The zero-order valence-corrected chi connectivity index (χ0v) is 20.8. The fourth-order valence-electron chi connectivity index (χ4n) is 4.04. The van der Waals surface area contributed by atoms with Gasteiger partial charge in [0.25, 0.3) is 0 Å². The Hall–Kier alpha value is -3.49. The first-order valence-corrected chi connectivity index (χ1v) is 11.8. The van der Waals surface area contributed by atoms with Crippen molar-refractivity contribution in [2.45, 2.75) is 45.9 Å². The van der Waals surface area contributed by atoms with E-state index in [4.69, 9.17) is 20.2 Å². The molecular weight excluding hydrogens is 442 g/mol. The number of carbonyl (C=O) groups excluding carboxylic acids is 1. The molecule has 0 aliphatic rings. The van der Waals surface area contributed by atoms with Crippen LogP contribution in [0.25, 0.3) is 21.9 Å². The lowest BCUT2D eigenvalue weighted by molar-refractivity contribution is -0.129. The van der Waals surface area contributed by atoms with Gasteiger partial charge in [-0.3, -0.25) is 4.79 Å². The molecule has 0 fully saturated rings. The highest BCUT2D eigenvalue weighted by Gasteiger charge is 2.25. The van der Waals surface area contributed by atoms with E-state index in [9.17, 15) is 4.79 Å². The average molecular weight is 476 g/mol. The molecule has 3 N–H and O–H groups in total. The second-order valence-electron chi connectivity index (χ2n) is 9.13. The molecule has 0 radical (unpaired) electrons. The van der Waals surface area contributed by atoms with Gasteiger partial charge in [-0.2, -0.15) is 0 Å². The largest absolute Gasteiger partial charge is 0.480 e. The minimum atomic E-state index is -0.855. The molecule has 8 heteroatoms. The monoisotopic (exact) mass is 475 g/mol. The van der Waals surface area contributed by atoms with Gasteiger partial charge in [-0.25, -0.2) is 9.97 Å². The van der Waals surface area contributed by atoms with Crippen molar-refractivity contribution in [1.29, 1.82) is 0 Å². The van der Waals surface area contributed by atoms with Crippen LogP contribution in [0.1, 0.15) is 32.2 Å².